The summed E-state index contributed by atoms with van der Waals surface area (Å²) in [6.07, 6.45) is 10.5. The quantitative estimate of drug-likeness (QED) is 0.510. The van der Waals surface area contributed by atoms with E-state index in [2.05, 4.69) is 13.0 Å². The van der Waals surface area contributed by atoms with Gasteiger partial charge in [0, 0.05) is 5.56 Å². The van der Waals surface area contributed by atoms with Crippen molar-refractivity contribution < 1.29 is 8.78 Å². The van der Waals surface area contributed by atoms with Crippen LogP contribution in [0.4, 0.5) is 8.78 Å². The largest absolute Gasteiger partial charge is 0.207 e. The van der Waals surface area contributed by atoms with Crippen molar-refractivity contribution in [3.63, 3.8) is 0 Å². The van der Waals surface area contributed by atoms with Crippen LogP contribution >= 0.6 is 0 Å². The summed E-state index contributed by atoms with van der Waals surface area (Å²) in [5.74, 6) is 1.06. The molecular weight excluding hydrogens is 350 g/mol. The Kier molecular flexibility index (Phi) is 5.66. The molecule has 1 fully saturated rings. The van der Waals surface area contributed by atoms with E-state index in [9.17, 15) is 8.78 Å². The fourth-order valence-corrected chi connectivity index (χ4v) is 5.00. The molecule has 0 heterocycles. The van der Waals surface area contributed by atoms with E-state index in [0.29, 0.717) is 17.9 Å². The molecule has 1 saturated carbocycles. The van der Waals surface area contributed by atoms with Gasteiger partial charge >= 0.3 is 0 Å². The van der Waals surface area contributed by atoms with Gasteiger partial charge in [0.25, 0.3) is 0 Å². The van der Waals surface area contributed by atoms with Gasteiger partial charge in [-0.25, -0.2) is 8.78 Å². The molecule has 4 rings (SSSR count). The highest BCUT2D eigenvalue weighted by atomic mass is 19.1. The van der Waals surface area contributed by atoms with Crippen LogP contribution in [0, 0.1) is 17.6 Å². The Morgan fingerprint density at radius 1 is 0.893 bits per heavy atom. The van der Waals surface area contributed by atoms with Crippen LogP contribution in [0.25, 0.3) is 11.6 Å². The molecule has 0 unspecified atom stereocenters. The summed E-state index contributed by atoms with van der Waals surface area (Å²) in [4.78, 5) is 0. The minimum Gasteiger partial charge on any atom is -0.207 e. The molecule has 0 aromatic heterocycles. The molecule has 0 saturated heterocycles. The fourth-order valence-electron chi connectivity index (χ4n) is 5.00. The van der Waals surface area contributed by atoms with Gasteiger partial charge < -0.3 is 0 Å². The molecule has 0 atom stereocenters. The Labute approximate surface area is 167 Å². The van der Waals surface area contributed by atoms with Gasteiger partial charge in [-0.3, -0.25) is 0 Å². The molecule has 0 bridgehead atoms. The first-order chi connectivity index (χ1) is 13.6. The van der Waals surface area contributed by atoms with Crippen molar-refractivity contribution in [1.29, 1.82) is 0 Å². The molecule has 0 radical (unpaired) electrons. The van der Waals surface area contributed by atoms with Crippen LogP contribution < -0.4 is 0 Å². The number of aryl methyl sites for hydroxylation is 2. The van der Waals surface area contributed by atoms with Crippen LogP contribution in [0.1, 0.15) is 86.1 Å². The smallest absolute Gasteiger partial charge is 0.130 e. The summed E-state index contributed by atoms with van der Waals surface area (Å²) >= 11 is 0. The second-order valence-corrected chi connectivity index (χ2v) is 8.53. The van der Waals surface area contributed by atoms with Crippen LogP contribution in [0.5, 0.6) is 0 Å². The second kappa shape index (κ2) is 8.19. The normalized spacial score (nSPS) is 21.9. The summed E-state index contributed by atoms with van der Waals surface area (Å²) in [5, 5.41) is 0. The van der Waals surface area contributed by atoms with Gasteiger partial charge in [0.05, 0.1) is 0 Å². The van der Waals surface area contributed by atoms with Crippen molar-refractivity contribution in [3.05, 3.63) is 69.8 Å². The zero-order valence-corrected chi connectivity index (χ0v) is 17.0. The maximum Gasteiger partial charge on any atom is 0.130 e. The van der Waals surface area contributed by atoms with Crippen LogP contribution in [0.2, 0.25) is 0 Å². The van der Waals surface area contributed by atoms with E-state index >= 15 is 0 Å². The Hall–Kier alpha value is -1.96. The van der Waals surface area contributed by atoms with Gasteiger partial charge in [0.2, 0.25) is 0 Å². The van der Waals surface area contributed by atoms with Crippen molar-refractivity contribution in [3.8, 4) is 0 Å². The molecule has 2 aromatic rings. The third-order valence-electron chi connectivity index (χ3n) is 6.92. The molecule has 0 aliphatic heterocycles. The second-order valence-electron chi connectivity index (χ2n) is 8.53. The molecule has 0 amide bonds. The molecule has 2 aliphatic carbocycles. The minimum absolute atomic E-state index is 0.129. The van der Waals surface area contributed by atoms with Gasteiger partial charge in [-0.05, 0) is 96.7 Å². The number of hydrogen-bond donors (Lipinski definition) is 0. The summed E-state index contributed by atoms with van der Waals surface area (Å²) in [5.41, 5.74) is 5.64. The molecule has 2 heteroatoms. The lowest BCUT2D eigenvalue weighted by Gasteiger charge is -2.28. The first-order valence-electron chi connectivity index (χ1n) is 10.9. The van der Waals surface area contributed by atoms with Crippen molar-refractivity contribution in [2.75, 3.05) is 0 Å². The lowest BCUT2D eigenvalue weighted by atomic mass is 9.77. The van der Waals surface area contributed by atoms with E-state index in [1.807, 2.05) is 25.1 Å². The number of halogens is 2. The zero-order valence-electron chi connectivity index (χ0n) is 17.0. The molecule has 0 spiro atoms. The summed E-state index contributed by atoms with van der Waals surface area (Å²) in [6.45, 7) is 4.24. The molecule has 2 aliphatic rings. The summed E-state index contributed by atoms with van der Waals surface area (Å²) in [7, 11) is 0. The van der Waals surface area contributed by atoms with Crippen molar-refractivity contribution in [2.45, 2.75) is 71.1 Å². The number of allylic oxidation sites excluding steroid dienone is 1. The maximum atomic E-state index is 15.0. The standard InChI is InChI=1S/C26H30F2/c1-3-17-5-7-19(8-6-17)21-11-12-24(26(28)15-21)22-10-9-20-13-18(4-2)25(27)16-23(20)14-22/h11-17,19H,3-10H2,1-2H3. The summed E-state index contributed by atoms with van der Waals surface area (Å²) in [6, 6.07) is 9.41. The predicted molar refractivity (Wildman–Crippen MR) is 113 cm³/mol. The van der Waals surface area contributed by atoms with Crippen LogP contribution in [0.3, 0.4) is 0 Å². The van der Waals surface area contributed by atoms with Crippen molar-refractivity contribution in [1.82, 2.24) is 0 Å². The first-order valence-corrected chi connectivity index (χ1v) is 10.9. The first kappa shape index (κ1) is 19.4. The number of rotatable bonds is 4. The van der Waals surface area contributed by atoms with Gasteiger partial charge in [-0.2, -0.15) is 0 Å². The van der Waals surface area contributed by atoms with Gasteiger partial charge in [0.15, 0.2) is 0 Å². The fraction of sp³-hybridized carbons (Fsp3) is 0.462. The van der Waals surface area contributed by atoms with E-state index in [1.54, 1.807) is 12.1 Å². The number of fused-ring (bicyclic) bond motifs is 1. The zero-order chi connectivity index (χ0) is 19.7. The van der Waals surface area contributed by atoms with E-state index < -0.39 is 0 Å². The molecule has 0 N–H and O–H groups in total. The van der Waals surface area contributed by atoms with Crippen molar-refractivity contribution >= 4 is 11.6 Å². The lowest BCUT2D eigenvalue weighted by Crippen LogP contribution is -2.13. The molecular formula is C26H30F2. The summed E-state index contributed by atoms with van der Waals surface area (Å²) < 4.78 is 29.2. The highest BCUT2D eigenvalue weighted by molar-refractivity contribution is 5.84. The van der Waals surface area contributed by atoms with E-state index in [4.69, 9.17) is 0 Å². The molecule has 148 valence electrons. The Morgan fingerprint density at radius 2 is 1.68 bits per heavy atom. The van der Waals surface area contributed by atoms with E-state index in [1.165, 1.54) is 37.7 Å². The van der Waals surface area contributed by atoms with Crippen LogP contribution in [0.15, 0.2) is 30.3 Å². The van der Waals surface area contributed by atoms with Gasteiger partial charge in [0.1, 0.15) is 11.6 Å². The highest BCUT2D eigenvalue weighted by Gasteiger charge is 2.23. The van der Waals surface area contributed by atoms with Crippen molar-refractivity contribution in [2.24, 2.45) is 5.92 Å². The van der Waals surface area contributed by atoms with E-state index in [0.717, 1.165) is 41.0 Å². The molecule has 2 aromatic carbocycles. The SMILES string of the molecule is CCc1cc2c(cc1F)C=C(c1ccc(C3CCC(CC)CC3)cc1F)CC2. The third kappa shape index (κ3) is 3.79. The third-order valence-corrected chi connectivity index (χ3v) is 6.92. The Morgan fingerprint density at radius 3 is 2.36 bits per heavy atom. The monoisotopic (exact) mass is 380 g/mol. The van der Waals surface area contributed by atoms with Gasteiger partial charge in [-0.1, -0.05) is 44.5 Å². The predicted octanol–water partition coefficient (Wildman–Crippen LogP) is 7.70. The minimum atomic E-state index is -0.155. The number of benzene rings is 2. The van der Waals surface area contributed by atoms with E-state index in [-0.39, 0.29) is 11.6 Å². The Balaban J connectivity index is 1.57. The maximum absolute atomic E-state index is 15.0. The number of hydrogen-bond acceptors (Lipinski definition) is 0. The Bertz CT molecular complexity index is 886. The molecule has 28 heavy (non-hydrogen) atoms. The topological polar surface area (TPSA) is 0 Å². The average Bonchev–Trinajstić information content (AvgIpc) is 2.73. The average molecular weight is 381 g/mol. The lowest BCUT2D eigenvalue weighted by molar-refractivity contribution is 0.318. The van der Waals surface area contributed by atoms with Gasteiger partial charge in [-0.15, -0.1) is 0 Å². The molecule has 0 nitrogen and oxygen atoms in total. The van der Waals surface area contributed by atoms with Crippen LogP contribution in [-0.4, -0.2) is 0 Å². The van der Waals surface area contributed by atoms with Crippen LogP contribution in [-0.2, 0) is 12.8 Å². The highest BCUT2D eigenvalue weighted by Crippen LogP contribution is 2.39.